The highest BCUT2D eigenvalue weighted by Crippen LogP contribution is 2.05. The molecule has 0 aliphatic carbocycles. The van der Waals surface area contributed by atoms with Crippen LogP contribution in [0, 0.1) is 0 Å². The van der Waals surface area contributed by atoms with Crippen LogP contribution in [-0.4, -0.2) is 39.8 Å². The summed E-state index contributed by atoms with van der Waals surface area (Å²) in [4.78, 5) is 21.1. The number of carboxylic acids is 1. The minimum atomic E-state index is -1.01. The van der Waals surface area contributed by atoms with Gasteiger partial charge in [0.1, 0.15) is 5.78 Å². The normalized spacial score (nSPS) is 12.4. The van der Waals surface area contributed by atoms with Crippen molar-refractivity contribution in [2.75, 3.05) is 6.61 Å². The highest BCUT2D eigenvalue weighted by atomic mass is 16.4. The van der Waals surface area contributed by atoms with Gasteiger partial charge in [-0.25, -0.2) is 0 Å². The molecule has 0 aliphatic heterocycles. The summed E-state index contributed by atoms with van der Waals surface area (Å²) in [7, 11) is 0. The fourth-order valence-corrected chi connectivity index (χ4v) is 1.04. The van der Waals surface area contributed by atoms with Gasteiger partial charge in [-0.05, 0) is 12.8 Å². The van der Waals surface area contributed by atoms with Crippen LogP contribution in [-0.2, 0) is 9.59 Å². The Morgan fingerprint density at radius 2 is 1.86 bits per heavy atom. The summed E-state index contributed by atoms with van der Waals surface area (Å²) in [6.45, 7) is -0.0135. The third kappa shape index (κ3) is 7.70. The Labute approximate surface area is 82.4 Å². The van der Waals surface area contributed by atoms with Crippen LogP contribution < -0.4 is 0 Å². The summed E-state index contributed by atoms with van der Waals surface area (Å²) in [5.74, 6) is -1.26. The molecular formula is C9H16O5. The standard InChI is InChI=1S/C9H16O5/c10-5-1-2-7(11)6-8(12)3-4-9(13)14/h7,10-11H,1-6H2,(H,13,14). The summed E-state index contributed by atoms with van der Waals surface area (Å²) in [6, 6.07) is 0. The number of carbonyl (C=O) groups excluding carboxylic acids is 1. The molecule has 14 heavy (non-hydrogen) atoms. The zero-order valence-electron chi connectivity index (χ0n) is 7.98. The maximum atomic E-state index is 11.0. The first-order valence-corrected chi connectivity index (χ1v) is 4.58. The SMILES string of the molecule is O=C(O)CCC(=O)CC(O)CCCO. The van der Waals surface area contributed by atoms with E-state index in [1.54, 1.807) is 0 Å². The molecule has 0 saturated heterocycles. The van der Waals surface area contributed by atoms with E-state index in [0.29, 0.717) is 12.8 Å². The smallest absolute Gasteiger partial charge is 0.303 e. The van der Waals surface area contributed by atoms with Gasteiger partial charge >= 0.3 is 5.97 Å². The summed E-state index contributed by atoms with van der Waals surface area (Å²) >= 11 is 0. The quantitative estimate of drug-likeness (QED) is 0.515. The molecule has 0 radical (unpaired) electrons. The first-order valence-electron chi connectivity index (χ1n) is 4.58. The van der Waals surface area contributed by atoms with Crippen LogP contribution in [0.3, 0.4) is 0 Å². The Bertz CT molecular complexity index is 190. The average Bonchev–Trinajstić information content (AvgIpc) is 2.11. The molecule has 0 aliphatic rings. The second-order valence-electron chi connectivity index (χ2n) is 3.16. The molecule has 0 fully saturated rings. The molecule has 0 rings (SSSR count). The van der Waals surface area contributed by atoms with Crippen molar-refractivity contribution < 1.29 is 24.9 Å². The molecule has 0 spiro atoms. The minimum Gasteiger partial charge on any atom is -0.481 e. The zero-order chi connectivity index (χ0) is 11.0. The van der Waals surface area contributed by atoms with E-state index < -0.39 is 12.1 Å². The van der Waals surface area contributed by atoms with E-state index in [4.69, 9.17) is 10.2 Å². The Hall–Kier alpha value is -0.940. The van der Waals surface area contributed by atoms with E-state index in [1.165, 1.54) is 0 Å². The maximum absolute atomic E-state index is 11.0. The monoisotopic (exact) mass is 204 g/mol. The Morgan fingerprint density at radius 1 is 1.21 bits per heavy atom. The molecule has 0 saturated carbocycles. The first-order chi connectivity index (χ1) is 6.56. The van der Waals surface area contributed by atoms with E-state index in [1.807, 2.05) is 0 Å². The van der Waals surface area contributed by atoms with Crippen molar-refractivity contribution in [3.63, 3.8) is 0 Å². The van der Waals surface area contributed by atoms with Gasteiger partial charge in [0.2, 0.25) is 0 Å². The fraction of sp³-hybridized carbons (Fsp3) is 0.778. The predicted molar refractivity (Wildman–Crippen MR) is 48.8 cm³/mol. The van der Waals surface area contributed by atoms with Gasteiger partial charge in [-0.15, -0.1) is 0 Å². The largest absolute Gasteiger partial charge is 0.481 e. The lowest BCUT2D eigenvalue weighted by Gasteiger charge is -2.07. The van der Waals surface area contributed by atoms with E-state index in [0.717, 1.165) is 0 Å². The number of rotatable bonds is 8. The van der Waals surface area contributed by atoms with Gasteiger partial charge in [-0.3, -0.25) is 9.59 Å². The first kappa shape index (κ1) is 13.1. The fourth-order valence-electron chi connectivity index (χ4n) is 1.04. The van der Waals surface area contributed by atoms with Crippen molar-refractivity contribution in [1.29, 1.82) is 0 Å². The topological polar surface area (TPSA) is 94.8 Å². The Kier molecular flexibility index (Phi) is 6.96. The van der Waals surface area contributed by atoms with Crippen LogP contribution in [0.4, 0.5) is 0 Å². The summed E-state index contributed by atoms with van der Waals surface area (Å²) in [5, 5.41) is 26.0. The molecule has 5 nitrogen and oxygen atoms in total. The van der Waals surface area contributed by atoms with Gasteiger partial charge in [0.15, 0.2) is 0 Å². The number of hydrogen-bond donors (Lipinski definition) is 3. The van der Waals surface area contributed by atoms with Gasteiger partial charge in [0.05, 0.1) is 12.5 Å². The van der Waals surface area contributed by atoms with Crippen molar-refractivity contribution in [2.24, 2.45) is 0 Å². The van der Waals surface area contributed by atoms with Crippen molar-refractivity contribution in [2.45, 2.75) is 38.2 Å². The molecule has 0 aromatic heterocycles. The molecule has 0 aromatic rings. The van der Waals surface area contributed by atoms with Crippen LogP contribution in [0.5, 0.6) is 0 Å². The summed E-state index contributed by atoms with van der Waals surface area (Å²) in [6.07, 6.45) is -0.184. The maximum Gasteiger partial charge on any atom is 0.303 e. The van der Waals surface area contributed by atoms with Crippen molar-refractivity contribution >= 4 is 11.8 Å². The molecule has 1 unspecified atom stereocenters. The number of aliphatic carboxylic acids is 1. The van der Waals surface area contributed by atoms with Gasteiger partial charge in [-0.2, -0.15) is 0 Å². The molecule has 5 heteroatoms. The molecule has 0 amide bonds. The number of hydrogen-bond acceptors (Lipinski definition) is 4. The molecule has 82 valence electrons. The average molecular weight is 204 g/mol. The second-order valence-corrected chi connectivity index (χ2v) is 3.16. The number of Topliss-reactive ketones (excluding diaryl/α,β-unsaturated/α-hetero) is 1. The summed E-state index contributed by atoms with van der Waals surface area (Å²) in [5.41, 5.74) is 0. The highest BCUT2D eigenvalue weighted by Gasteiger charge is 2.11. The number of carboxylic acid groups (broad SMARTS) is 1. The molecule has 3 N–H and O–H groups in total. The highest BCUT2D eigenvalue weighted by molar-refractivity contribution is 5.82. The zero-order valence-corrected chi connectivity index (χ0v) is 7.98. The molecule has 0 aromatic carbocycles. The summed E-state index contributed by atoms with van der Waals surface area (Å²) < 4.78 is 0. The predicted octanol–water partition coefficient (Wildman–Crippen LogP) is -0.0562. The third-order valence-corrected chi connectivity index (χ3v) is 1.78. The van der Waals surface area contributed by atoms with Gasteiger partial charge in [0.25, 0.3) is 0 Å². The lowest BCUT2D eigenvalue weighted by Crippen LogP contribution is -2.14. The van der Waals surface area contributed by atoms with E-state index >= 15 is 0 Å². The van der Waals surface area contributed by atoms with E-state index in [2.05, 4.69) is 0 Å². The van der Waals surface area contributed by atoms with E-state index in [9.17, 15) is 14.7 Å². The van der Waals surface area contributed by atoms with E-state index in [-0.39, 0.29) is 31.7 Å². The van der Waals surface area contributed by atoms with Gasteiger partial charge in [-0.1, -0.05) is 0 Å². The van der Waals surface area contributed by atoms with Crippen molar-refractivity contribution in [1.82, 2.24) is 0 Å². The number of aliphatic hydroxyl groups excluding tert-OH is 2. The molecule has 0 heterocycles. The minimum absolute atomic E-state index is 0.0135. The Morgan fingerprint density at radius 3 is 2.36 bits per heavy atom. The van der Waals surface area contributed by atoms with Crippen molar-refractivity contribution in [3.05, 3.63) is 0 Å². The number of carbonyl (C=O) groups is 2. The third-order valence-electron chi connectivity index (χ3n) is 1.78. The lowest BCUT2D eigenvalue weighted by atomic mass is 10.1. The van der Waals surface area contributed by atoms with Crippen LogP contribution >= 0.6 is 0 Å². The van der Waals surface area contributed by atoms with Crippen molar-refractivity contribution in [3.8, 4) is 0 Å². The van der Waals surface area contributed by atoms with Crippen LogP contribution in [0.1, 0.15) is 32.1 Å². The molecular weight excluding hydrogens is 188 g/mol. The van der Waals surface area contributed by atoms with Gasteiger partial charge < -0.3 is 15.3 Å². The van der Waals surface area contributed by atoms with Crippen LogP contribution in [0.15, 0.2) is 0 Å². The number of aliphatic hydroxyl groups is 2. The lowest BCUT2D eigenvalue weighted by molar-refractivity contribution is -0.138. The van der Waals surface area contributed by atoms with Crippen LogP contribution in [0.2, 0.25) is 0 Å². The Balaban J connectivity index is 3.55. The number of ketones is 1. The second kappa shape index (κ2) is 7.46. The molecule has 1 atom stereocenters. The van der Waals surface area contributed by atoms with Crippen LogP contribution in [0.25, 0.3) is 0 Å². The molecule has 0 bridgehead atoms. The van der Waals surface area contributed by atoms with Gasteiger partial charge in [0, 0.05) is 19.4 Å².